The van der Waals surface area contributed by atoms with Crippen LogP contribution in [0.4, 0.5) is 0 Å². The number of hydrogen-bond donors (Lipinski definition) is 0. The van der Waals surface area contributed by atoms with E-state index < -0.39 is 76.3 Å². The first kappa shape index (κ1) is 112. The molecule has 1 heterocycles. The summed E-state index contributed by atoms with van der Waals surface area (Å²) in [6.45, 7) is 0. The van der Waals surface area contributed by atoms with E-state index >= 15 is 0 Å². The molecule has 0 spiro atoms. The van der Waals surface area contributed by atoms with Gasteiger partial charge < -0.3 is 149 Å². The Morgan fingerprint density at radius 1 is 0.260 bits per heavy atom. The number of rotatable bonds is 0. The quantitative estimate of drug-likeness (QED) is 0.203. The largest absolute Gasteiger partial charge is 3.00 e. The van der Waals surface area contributed by atoms with E-state index in [0.29, 0.717) is 0 Å². The van der Waals surface area contributed by atoms with E-state index in [4.69, 9.17) is 45.2 Å². The molecule has 0 aliphatic carbocycles. The molecular weight excluding hydrogens is 955 g/mol. The molecule has 0 atom stereocenters. The number of hydrogen-bond acceptors (Lipinski definition) is 31. The first-order chi connectivity index (χ1) is 15.4. The van der Waals surface area contributed by atoms with Gasteiger partial charge in [0.2, 0.25) is 0 Å². The van der Waals surface area contributed by atoms with E-state index in [9.17, 15) is 57.5 Å². The smallest absolute Gasteiger partial charge is 0.907 e. The van der Waals surface area contributed by atoms with Crippen LogP contribution < -0.4 is 132 Å². The second kappa shape index (κ2) is 50.1. The zero-order chi connectivity index (χ0) is 30.0. The van der Waals surface area contributed by atoms with Gasteiger partial charge >= 0.3 is 203 Å². The maximum absolute atomic E-state index is 11.0. The zero-order valence-corrected chi connectivity index (χ0v) is 43.3. The maximum atomic E-state index is 11.0. The van der Waals surface area contributed by atoms with Gasteiger partial charge in [-0.1, -0.05) is 0 Å². The van der Waals surface area contributed by atoms with Crippen LogP contribution in [0.5, 0.6) is 0 Å². The summed E-state index contributed by atoms with van der Waals surface area (Å²) in [5, 5.41) is 75.8. The first-order valence-electron chi connectivity index (χ1n) is 7.02. The van der Waals surface area contributed by atoms with Crippen LogP contribution in [0, 0.1) is 0 Å². The molecule has 1 fully saturated rings. The Kier molecular flexibility index (Phi) is 112. The van der Waals surface area contributed by atoms with Crippen LogP contribution in [0.1, 0.15) is 0 Å². The van der Waals surface area contributed by atoms with Gasteiger partial charge in [-0.05, 0) is 0 Å². The van der Waals surface area contributed by atoms with E-state index in [1.165, 1.54) is 0 Å². The molecule has 1 aliphatic heterocycles. The molecule has 0 unspecified atom stereocenters. The van der Waals surface area contributed by atoms with Gasteiger partial charge in [0, 0.05) is 0 Å². The van der Waals surface area contributed by atoms with Crippen molar-refractivity contribution in [3.05, 3.63) is 0 Å². The molecule has 1 rings (SSSR count). The van der Waals surface area contributed by atoms with Gasteiger partial charge in [0.05, 0.1) is 0 Å². The third-order valence-corrected chi connectivity index (χ3v) is 13.5. The minimum absolute atomic E-state index is 0. The van der Waals surface area contributed by atoms with Crippen LogP contribution in [0.2, 0.25) is 0 Å². The molecule has 0 bridgehead atoms. The van der Waals surface area contributed by atoms with Gasteiger partial charge in [0.25, 0.3) is 0 Å². The Bertz CT molecular complexity index is 482. The van der Waals surface area contributed by atoms with Gasteiger partial charge in [-0.15, -0.1) is 0 Å². The van der Waals surface area contributed by atoms with Crippen molar-refractivity contribution in [1.29, 1.82) is 0 Å². The molecule has 31 nitrogen and oxygen atoms in total. The summed E-state index contributed by atoms with van der Waals surface area (Å²) in [6, 6.07) is 0. The van der Waals surface area contributed by atoms with Crippen LogP contribution in [0.25, 0.3) is 0 Å². The van der Waals surface area contributed by atoms with E-state index in [2.05, 4.69) is 24.7 Å². The maximum Gasteiger partial charge on any atom is 3.00 e. The topological polar surface area (TPSA) is 660 Å². The molecule has 0 radical (unpaired) electrons. The van der Waals surface area contributed by atoms with Crippen LogP contribution in [-0.4, -0.2) is 271 Å². The van der Waals surface area contributed by atoms with E-state index in [-0.39, 0.29) is 225 Å². The predicted octanol–water partition coefficient (Wildman–Crippen LogP) is -35.9. The van der Waals surface area contributed by atoms with Gasteiger partial charge in [0.15, 0.2) is 0 Å². The monoisotopic (exact) mass is 958 g/mol. The summed E-state index contributed by atoms with van der Waals surface area (Å²) < 4.78 is 18.0. The third kappa shape index (κ3) is 86.6. The molecule has 1 aliphatic rings. The van der Waals surface area contributed by atoms with Gasteiger partial charge in [0.1, 0.15) is 54.3 Å². The normalized spacial score (nSPS) is 16.7. The van der Waals surface area contributed by atoms with Gasteiger partial charge in [-0.2, -0.15) is 0 Å². The van der Waals surface area contributed by atoms with E-state index in [0.717, 1.165) is 0 Å². The average molecular weight is 959 g/mol. The van der Waals surface area contributed by atoms with Crippen molar-refractivity contribution in [2.24, 2.45) is 0 Å². The minimum Gasteiger partial charge on any atom is -0.907 e. The molecule has 0 aromatic carbocycles. The average Bonchev–Trinajstić information content (AvgIpc) is 2.33. The fraction of sp³-hybridized carbons (Fsp3) is 0. The summed E-state index contributed by atoms with van der Waals surface area (Å²) in [5.41, 5.74) is 0. The minimum atomic E-state index is -6.84. The Balaban J connectivity index is -0.0000000246. The zero-order valence-electron chi connectivity index (χ0n) is 24.1. The molecule has 0 amide bonds. The third-order valence-electron chi connectivity index (χ3n) is 1.50. The summed E-state index contributed by atoms with van der Waals surface area (Å²) in [4.78, 5) is 132. The standard InChI is InChI=1S/6Al.3BO3.3Mg.Na.O18Si6.4H2O/c;;;;;;3*2-1(3)4;;;;;1-19(2)13-20(3,4)15-22(7,8)17-24(11,12)18-23(9,10)16-21(5,6)14-19;;;;/h;;;;;;;;;;;;;;4*1H2/q6*+3;3*-3;3*+2;+1;-12;;;;/p-4. The van der Waals surface area contributed by atoms with E-state index in [1.807, 2.05) is 0 Å². The second-order valence-corrected chi connectivity index (χ2v) is 15.4. The van der Waals surface area contributed by atoms with Crippen molar-refractivity contribution in [3.8, 4) is 0 Å². The second-order valence-electron chi connectivity index (χ2n) is 4.48. The fourth-order valence-corrected chi connectivity index (χ4v) is 11.6. The predicted molar refractivity (Wildman–Crippen MR) is 118 cm³/mol. The van der Waals surface area contributed by atoms with Crippen molar-refractivity contribution in [2.75, 3.05) is 0 Å². The SMILES string of the molecule is [Al+3].[Al+3].[Al+3].[Al+3].[Al+3].[Al+3].[Mg+2].[Mg+2].[Mg+2].[Na+].[O-]B([O-])[O-].[O-]B([O-])[O-].[O-]B([O-])[O-].[O-][Si]1([O-])O[Si]([O-])([O-])O[Si]([O-])([O-])O[Si]([O-])([O-])O[Si]([O-])([O-])O[Si]([O-])([O-])O1.[OH-].[OH-].[OH-].[OH-]. The molecule has 50 heavy (non-hydrogen) atoms. The molecule has 4 N–H and O–H groups in total. The Labute approximate surface area is 422 Å². The Hall–Kier alpha value is 6.75. The summed E-state index contributed by atoms with van der Waals surface area (Å²) in [6.07, 6.45) is 0. The molecule has 0 aromatic rings. The van der Waals surface area contributed by atoms with Crippen molar-refractivity contribution in [2.45, 2.75) is 0 Å². The molecule has 50 heteroatoms. The molecule has 0 aromatic heterocycles. The Morgan fingerprint density at radius 2 is 0.300 bits per heavy atom. The van der Waals surface area contributed by atoms with Crippen LogP contribution >= 0.6 is 0 Å². The Morgan fingerprint density at radius 3 is 0.340 bits per heavy atom. The fourth-order valence-electron chi connectivity index (χ4n) is 1.04. The molecular formula is H4Al6B3Mg3NaO31Si6. The van der Waals surface area contributed by atoms with Crippen molar-refractivity contribution in [1.82, 2.24) is 0 Å². The van der Waals surface area contributed by atoms with E-state index in [1.54, 1.807) is 0 Å². The van der Waals surface area contributed by atoms with Crippen LogP contribution in [0.3, 0.4) is 0 Å². The molecule has 0 saturated carbocycles. The van der Waals surface area contributed by atoms with Crippen LogP contribution in [-0.2, 0) is 24.7 Å². The summed E-state index contributed by atoms with van der Waals surface area (Å²) in [7, 11) is -49.8. The van der Waals surface area contributed by atoms with Crippen molar-refractivity contribution < 1.29 is 179 Å². The van der Waals surface area contributed by atoms with Crippen molar-refractivity contribution >= 4 is 250 Å². The van der Waals surface area contributed by atoms with Crippen LogP contribution in [0.15, 0.2) is 0 Å². The summed E-state index contributed by atoms with van der Waals surface area (Å²) in [5.74, 6) is 0. The first-order valence-corrected chi connectivity index (χ1v) is 16.8. The molecule has 1 saturated heterocycles. The van der Waals surface area contributed by atoms with Gasteiger partial charge in [-0.25, -0.2) is 0 Å². The van der Waals surface area contributed by atoms with Gasteiger partial charge in [-0.3, -0.25) is 22.0 Å². The summed E-state index contributed by atoms with van der Waals surface area (Å²) >= 11 is 0. The molecule has 248 valence electrons. The van der Waals surface area contributed by atoms with Crippen molar-refractivity contribution in [3.63, 3.8) is 0 Å².